The van der Waals surface area contributed by atoms with Gasteiger partial charge in [0, 0.05) is 6.92 Å². The Morgan fingerprint density at radius 3 is 2.52 bits per heavy atom. The van der Waals surface area contributed by atoms with Gasteiger partial charge in [-0.05, 0) is 30.5 Å². The Balaban J connectivity index is 2.23. The third kappa shape index (κ3) is 3.86. The molecule has 1 aromatic heterocycles. The molecule has 0 atom stereocenters. The lowest BCUT2D eigenvalue weighted by Gasteiger charge is -2.08. The van der Waals surface area contributed by atoms with Gasteiger partial charge >= 0.3 is 5.97 Å². The fourth-order valence-corrected chi connectivity index (χ4v) is 2.54. The monoisotopic (exact) mass is 302 g/mol. The van der Waals surface area contributed by atoms with Crippen LogP contribution in [-0.2, 0) is 4.79 Å². The second-order valence-corrected chi connectivity index (χ2v) is 5.54. The number of esters is 1. The summed E-state index contributed by atoms with van der Waals surface area (Å²) in [7, 11) is 0. The predicted octanol–water partition coefficient (Wildman–Crippen LogP) is 3.44. The minimum absolute atomic E-state index is 0.192. The van der Waals surface area contributed by atoms with Crippen molar-refractivity contribution in [1.29, 1.82) is 0 Å². The molecule has 0 aliphatic carbocycles. The van der Waals surface area contributed by atoms with Crippen LogP contribution < -0.4 is 4.74 Å². The average molecular weight is 302 g/mol. The van der Waals surface area contributed by atoms with Gasteiger partial charge in [-0.2, -0.15) is 0 Å². The largest absolute Gasteiger partial charge is 0.426 e. The van der Waals surface area contributed by atoms with Crippen molar-refractivity contribution in [3.63, 3.8) is 0 Å². The van der Waals surface area contributed by atoms with E-state index in [-0.39, 0.29) is 29.3 Å². The van der Waals surface area contributed by atoms with Crippen LogP contribution in [0.25, 0.3) is 0 Å². The quantitative estimate of drug-likeness (QED) is 0.367. The number of benzene rings is 1. The van der Waals surface area contributed by atoms with E-state index in [1.165, 1.54) is 18.3 Å². The van der Waals surface area contributed by atoms with E-state index in [2.05, 4.69) is 0 Å². The average Bonchev–Trinajstić information content (AvgIpc) is 2.94. The zero-order valence-electron chi connectivity index (χ0n) is 11.7. The van der Waals surface area contributed by atoms with Crippen molar-refractivity contribution in [2.45, 2.75) is 20.3 Å². The molecule has 0 amide bonds. The Hall–Kier alpha value is -2.27. The molecule has 0 fully saturated rings. The minimum atomic E-state index is -0.502. The maximum absolute atomic E-state index is 12.3. The molecule has 0 bridgehead atoms. The lowest BCUT2D eigenvalue weighted by Crippen LogP contribution is -2.11. The van der Waals surface area contributed by atoms with Crippen molar-refractivity contribution < 1.29 is 19.1 Å². The fourth-order valence-electron chi connectivity index (χ4n) is 1.87. The molecule has 0 saturated carbocycles. The van der Waals surface area contributed by atoms with Crippen LogP contribution in [-0.4, -0.2) is 17.5 Å². The Morgan fingerprint density at radius 1 is 1.14 bits per heavy atom. The standard InChI is InChI=1S/C16H14O4S/c1-10-5-6-15(20-11(2)17)12(8-10)13(18)9-14(19)16-4-3-7-21-16/h3-8H,9H2,1-2H3. The summed E-state index contributed by atoms with van der Waals surface area (Å²) < 4.78 is 5.03. The van der Waals surface area contributed by atoms with Crippen LogP contribution in [0.3, 0.4) is 0 Å². The van der Waals surface area contributed by atoms with E-state index in [1.54, 1.807) is 35.7 Å². The third-order valence-corrected chi connectivity index (χ3v) is 3.72. The van der Waals surface area contributed by atoms with E-state index in [1.807, 2.05) is 6.92 Å². The SMILES string of the molecule is CC(=O)Oc1ccc(C)cc1C(=O)CC(=O)c1cccs1. The molecule has 0 radical (unpaired) electrons. The van der Waals surface area contributed by atoms with Crippen molar-refractivity contribution in [1.82, 2.24) is 0 Å². The maximum atomic E-state index is 12.3. The number of ketones is 2. The lowest BCUT2D eigenvalue weighted by atomic mass is 10.0. The highest BCUT2D eigenvalue weighted by Crippen LogP contribution is 2.23. The Bertz CT molecular complexity index is 686. The molecule has 0 aliphatic rings. The summed E-state index contributed by atoms with van der Waals surface area (Å²) in [5.41, 5.74) is 1.12. The molecule has 0 aliphatic heterocycles. The first-order chi connectivity index (χ1) is 9.97. The van der Waals surface area contributed by atoms with Crippen molar-refractivity contribution in [3.05, 3.63) is 51.7 Å². The summed E-state index contributed by atoms with van der Waals surface area (Å²) in [5.74, 6) is -0.895. The number of thiophene rings is 1. The number of Topliss-reactive ketones (excluding diaryl/α,β-unsaturated/α-hetero) is 2. The minimum Gasteiger partial charge on any atom is -0.426 e. The topological polar surface area (TPSA) is 60.4 Å². The molecule has 0 unspecified atom stereocenters. The van der Waals surface area contributed by atoms with Gasteiger partial charge in [-0.1, -0.05) is 17.7 Å². The zero-order chi connectivity index (χ0) is 15.4. The highest BCUT2D eigenvalue weighted by molar-refractivity contribution is 7.12. The van der Waals surface area contributed by atoms with Crippen LogP contribution in [0.2, 0.25) is 0 Å². The number of carbonyl (C=O) groups is 3. The van der Waals surface area contributed by atoms with Gasteiger partial charge in [0.15, 0.2) is 11.6 Å². The summed E-state index contributed by atoms with van der Waals surface area (Å²) in [6.07, 6.45) is -0.238. The van der Waals surface area contributed by atoms with Crippen molar-refractivity contribution in [3.8, 4) is 5.75 Å². The van der Waals surface area contributed by atoms with Gasteiger partial charge < -0.3 is 4.74 Å². The van der Waals surface area contributed by atoms with Crippen LogP contribution in [0.1, 0.15) is 38.9 Å². The molecule has 1 aromatic carbocycles. The van der Waals surface area contributed by atoms with Gasteiger partial charge in [-0.15, -0.1) is 11.3 Å². The highest BCUT2D eigenvalue weighted by atomic mass is 32.1. The van der Waals surface area contributed by atoms with Gasteiger partial charge in [-0.3, -0.25) is 14.4 Å². The van der Waals surface area contributed by atoms with Gasteiger partial charge in [0.2, 0.25) is 0 Å². The molecule has 1 heterocycles. The first-order valence-corrected chi connectivity index (χ1v) is 7.24. The fraction of sp³-hybridized carbons (Fsp3) is 0.188. The smallest absolute Gasteiger partial charge is 0.308 e. The van der Waals surface area contributed by atoms with E-state index in [0.717, 1.165) is 5.56 Å². The molecular formula is C16H14O4S. The van der Waals surface area contributed by atoms with E-state index in [4.69, 9.17) is 4.74 Å². The van der Waals surface area contributed by atoms with Crippen LogP contribution in [0.4, 0.5) is 0 Å². The van der Waals surface area contributed by atoms with Gasteiger partial charge in [0.05, 0.1) is 16.9 Å². The zero-order valence-corrected chi connectivity index (χ0v) is 12.5. The van der Waals surface area contributed by atoms with E-state index >= 15 is 0 Å². The summed E-state index contributed by atoms with van der Waals surface area (Å²) in [4.78, 5) is 35.9. The molecular weight excluding hydrogens is 288 g/mol. The number of hydrogen-bond acceptors (Lipinski definition) is 5. The first kappa shape index (κ1) is 15.1. The number of carbonyl (C=O) groups excluding carboxylic acids is 3. The third-order valence-electron chi connectivity index (χ3n) is 2.81. The van der Waals surface area contributed by atoms with Crippen molar-refractivity contribution in [2.75, 3.05) is 0 Å². The number of aryl methyl sites for hydroxylation is 1. The molecule has 0 N–H and O–H groups in total. The molecule has 0 spiro atoms. The molecule has 4 nitrogen and oxygen atoms in total. The number of ether oxygens (including phenoxy) is 1. The molecule has 2 aromatic rings. The van der Waals surface area contributed by atoms with E-state index in [9.17, 15) is 14.4 Å². The maximum Gasteiger partial charge on any atom is 0.308 e. The van der Waals surface area contributed by atoms with Gasteiger partial charge in [-0.25, -0.2) is 0 Å². The summed E-state index contributed by atoms with van der Waals surface area (Å²) in [5, 5.41) is 1.79. The summed E-state index contributed by atoms with van der Waals surface area (Å²) >= 11 is 1.30. The molecule has 108 valence electrons. The number of hydrogen-bond donors (Lipinski definition) is 0. The van der Waals surface area contributed by atoms with Crippen LogP contribution in [0.15, 0.2) is 35.7 Å². The Morgan fingerprint density at radius 2 is 1.90 bits per heavy atom. The first-order valence-electron chi connectivity index (χ1n) is 6.36. The van der Waals surface area contributed by atoms with E-state index in [0.29, 0.717) is 4.88 Å². The van der Waals surface area contributed by atoms with Crippen molar-refractivity contribution in [2.24, 2.45) is 0 Å². The second kappa shape index (κ2) is 6.45. The summed E-state index contributed by atoms with van der Waals surface area (Å²) in [6, 6.07) is 8.39. The molecule has 5 heteroatoms. The van der Waals surface area contributed by atoms with Crippen LogP contribution >= 0.6 is 11.3 Å². The highest BCUT2D eigenvalue weighted by Gasteiger charge is 2.19. The normalized spacial score (nSPS) is 10.2. The predicted molar refractivity (Wildman–Crippen MR) is 80.1 cm³/mol. The van der Waals surface area contributed by atoms with E-state index < -0.39 is 5.97 Å². The Kier molecular flexibility index (Phi) is 4.65. The summed E-state index contributed by atoms with van der Waals surface area (Å²) in [6.45, 7) is 3.10. The molecule has 21 heavy (non-hydrogen) atoms. The van der Waals surface area contributed by atoms with Crippen LogP contribution in [0.5, 0.6) is 5.75 Å². The lowest BCUT2D eigenvalue weighted by molar-refractivity contribution is -0.131. The number of rotatable bonds is 5. The van der Waals surface area contributed by atoms with Gasteiger partial charge in [0.1, 0.15) is 5.75 Å². The Labute approximate surface area is 126 Å². The molecule has 0 saturated heterocycles. The second-order valence-electron chi connectivity index (χ2n) is 4.59. The van der Waals surface area contributed by atoms with Crippen LogP contribution in [0, 0.1) is 6.92 Å². The van der Waals surface area contributed by atoms with Gasteiger partial charge in [0.25, 0.3) is 0 Å². The van der Waals surface area contributed by atoms with Crippen molar-refractivity contribution >= 4 is 28.9 Å². The molecule has 2 rings (SSSR count).